The summed E-state index contributed by atoms with van der Waals surface area (Å²) in [5.41, 5.74) is 2.53. The molecule has 0 N–H and O–H groups in total. The molecule has 0 aromatic rings. The Morgan fingerprint density at radius 3 is 2.37 bits per heavy atom. The van der Waals surface area contributed by atoms with Gasteiger partial charge in [0.15, 0.2) is 0 Å². The van der Waals surface area contributed by atoms with E-state index in [1.165, 1.54) is 17.6 Å². The zero-order chi connectivity index (χ0) is 14.1. The average molecular weight is 266 g/mol. The van der Waals surface area contributed by atoms with Crippen molar-refractivity contribution in [3.8, 4) is 0 Å². The summed E-state index contributed by atoms with van der Waals surface area (Å²) >= 11 is 0. The summed E-state index contributed by atoms with van der Waals surface area (Å²) in [7, 11) is 0. The summed E-state index contributed by atoms with van der Waals surface area (Å²) in [5.74, 6) is -1.01. The molecule has 0 atom stereocenters. The molecule has 4 heteroatoms. The van der Waals surface area contributed by atoms with Gasteiger partial charge in [-0.2, -0.15) is 0 Å². The fourth-order valence-electron chi connectivity index (χ4n) is 1.91. The third-order valence-electron chi connectivity index (χ3n) is 3.08. The van der Waals surface area contributed by atoms with Crippen LogP contribution in [0.5, 0.6) is 0 Å². The molecule has 0 heterocycles. The van der Waals surface area contributed by atoms with E-state index in [9.17, 15) is 9.59 Å². The number of ether oxygens (including phenoxy) is 2. The molecule has 0 fully saturated rings. The Morgan fingerprint density at radius 1 is 1.11 bits per heavy atom. The van der Waals surface area contributed by atoms with Crippen LogP contribution in [-0.2, 0) is 19.1 Å². The van der Waals surface area contributed by atoms with Gasteiger partial charge in [-0.1, -0.05) is 12.5 Å². The maximum Gasteiger partial charge on any atom is 0.331 e. The highest BCUT2D eigenvalue weighted by molar-refractivity contribution is 5.91. The predicted molar refractivity (Wildman–Crippen MR) is 72.5 cm³/mol. The van der Waals surface area contributed by atoms with Gasteiger partial charge in [0.25, 0.3) is 0 Å². The molecule has 1 aliphatic carbocycles. The summed E-state index contributed by atoms with van der Waals surface area (Å²) in [6, 6.07) is 0. The first-order chi connectivity index (χ1) is 9.13. The van der Waals surface area contributed by atoms with Crippen LogP contribution >= 0.6 is 0 Å². The van der Waals surface area contributed by atoms with Crippen LogP contribution in [0.3, 0.4) is 0 Å². The molecule has 0 aromatic heterocycles. The molecule has 19 heavy (non-hydrogen) atoms. The molecule has 0 aliphatic heterocycles. The van der Waals surface area contributed by atoms with E-state index in [4.69, 9.17) is 9.47 Å². The van der Waals surface area contributed by atoms with E-state index in [1.807, 2.05) is 6.92 Å². The Kier molecular flexibility index (Phi) is 6.93. The Balaban J connectivity index is 2.31. The molecule has 0 bridgehead atoms. The molecule has 4 nitrogen and oxygen atoms in total. The molecule has 1 aliphatic rings. The lowest BCUT2D eigenvalue weighted by Crippen LogP contribution is -2.09. The van der Waals surface area contributed by atoms with Gasteiger partial charge < -0.3 is 9.47 Å². The molecule has 0 saturated heterocycles. The summed E-state index contributed by atoms with van der Waals surface area (Å²) in [5, 5.41) is 0. The van der Waals surface area contributed by atoms with Gasteiger partial charge in [-0.15, -0.1) is 0 Å². The van der Waals surface area contributed by atoms with Crippen LogP contribution < -0.4 is 0 Å². The lowest BCUT2D eigenvalue weighted by molar-refractivity contribution is -0.140. The van der Waals surface area contributed by atoms with E-state index in [1.54, 1.807) is 0 Å². The maximum absolute atomic E-state index is 11.4. The van der Waals surface area contributed by atoms with Crippen molar-refractivity contribution < 1.29 is 19.1 Å². The highest BCUT2D eigenvalue weighted by Crippen LogP contribution is 2.24. The number of rotatable bonds is 6. The number of carbonyl (C=O) groups is 2. The van der Waals surface area contributed by atoms with Gasteiger partial charge in [-0.3, -0.25) is 0 Å². The van der Waals surface area contributed by atoms with Gasteiger partial charge in [0.05, 0.1) is 6.61 Å². The van der Waals surface area contributed by atoms with Gasteiger partial charge in [0.1, 0.15) is 6.61 Å². The SMILES string of the molecule is CCCOC(=O)/C=C/C(=O)OCC1=C(C)CCCC1. The van der Waals surface area contributed by atoms with Crippen LogP contribution in [0.1, 0.15) is 46.0 Å². The molecule has 0 amide bonds. The van der Waals surface area contributed by atoms with E-state index < -0.39 is 11.9 Å². The second kappa shape index (κ2) is 8.51. The third kappa shape index (κ3) is 6.22. The molecular weight excluding hydrogens is 244 g/mol. The molecular formula is C15H22O4. The Hall–Kier alpha value is -1.58. The standard InChI is InChI=1S/C15H22O4/c1-3-10-18-14(16)8-9-15(17)19-11-13-7-5-4-6-12(13)2/h8-9H,3-7,10-11H2,1-2H3/b9-8+. The molecule has 1 rings (SSSR count). The van der Waals surface area contributed by atoms with Crippen LogP contribution in [0, 0.1) is 0 Å². The van der Waals surface area contributed by atoms with Crippen molar-refractivity contribution in [1.82, 2.24) is 0 Å². The molecule has 106 valence electrons. The van der Waals surface area contributed by atoms with Gasteiger partial charge >= 0.3 is 11.9 Å². The van der Waals surface area contributed by atoms with Gasteiger partial charge in [-0.25, -0.2) is 9.59 Å². The van der Waals surface area contributed by atoms with Crippen LogP contribution in [0.15, 0.2) is 23.3 Å². The third-order valence-corrected chi connectivity index (χ3v) is 3.08. The Morgan fingerprint density at radius 2 is 1.74 bits per heavy atom. The second-order valence-corrected chi connectivity index (χ2v) is 4.70. The van der Waals surface area contributed by atoms with E-state index >= 15 is 0 Å². The second-order valence-electron chi connectivity index (χ2n) is 4.70. The number of carbonyl (C=O) groups excluding carboxylic acids is 2. The van der Waals surface area contributed by atoms with Gasteiger partial charge in [-0.05, 0) is 44.6 Å². The normalized spacial score (nSPS) is 15.7. The van der Waals surface area contributed by atoms with Crippen molar-refractivity contribution in [3.05, 3.63) is 23.3 Å². The zero-order valence-electron chi connectivity index (χ0n) is 11.7. The quantitative estimate of drug-likeness (QED) is 0.421. The van der Waals surface area contributed by atoms with Crippen LogP contribution in [0.25, 0.3) is 0 Å². The van der Waals surface area contributed by atoms with E-state index in [-0.39, 0.29) is 0 Å². The largest absolute Gasteiger partial charge is 0.463 e. The van der Waals surface area contributed by atoms with Crippen LogP contribution in [0.2, 0.25) is 0 Å². The minimum Gasteiger partial charge on any atom is -0.463 e. The summed E-state index contributed by atoms with van der Waals surface area (Å²) in [6.07, 6.45) is 7.46. The highest BCUT2D eigenvalue weighted by atomic mass is 16.5. The van der Waals surface area contributed by atoms with Crippen LogP contribution in [0.4, 0.5) is 0 Å². The van der Waals surface area contributed by atoms with Crippen molar-refractivity contribution in [3.63, 3.8) is 0 Å². The van der Waals surface area contributed by atoms with Crippen molar-refractivity contribution in [2.45, 2.75) is 46.0 Å². The van der Waals surface area contributed by atoms with E-state index in [2.05, 4.69) is 6.92 Å². The number of esters is 2. The van der Waals surface area contributed by atoms with E-state index in [0.717, 1.165) is 37.8 Å². The predicted octanol–water partition coefficient (Wildman–Crippen LogP) is 2.93. The summed E-state index contributed by atoms with van der Waals surface area (Å²) < 4.78 is 9.93. The fourth-order valence-corrected chi connectivity index (χ4v) is 1.91. The van der Waals surface area contributed by atoms with Gasteiger partial charge in [0, 0.05) is 12.2 Å². The smallest absolute Gasteiger partial charge is 0.331 e. The minimum absolute atomic E-state index is 0.332. The first-order valence-corrected chi connectivity index (χ1v) is 6.82. The number of allylic oxidation sites excluding steroid dienone is 1. The molecule has 0 aromatic carbocycles. The topological polar surface area (TPSA) is 52.6 Å². The van der Waals surface area contributed by atoms with Gasteiger partial charge in [0.2, 0.25) is 0 Å². The Bertz CT molecular complexity index is 380. The molecule has 0 unspecified atom stereocenters. The zero-order valence-corrected chi connectivity index (χ0v) is 11.7. The van der Waals surface area contributed by atoms with Crippen molar-refractivity contribution in [2.75, 3.05) is 13.2 Å². The van der Waals surface area contributed by atoms with Crippen molar-refractivity contribution >= 4 is 11.9 Å². The lowest BCUT2D eigenvalue weighted by Gasteiger charge is -2.17. The minimum atomic E-state index is -0.508. The molecule has 0 spiro atoms. The highest BCUT2D eigenvalue weighted by Gasteiger charge is 2.10. The average Bonchev–Trinajstić information content (AvgIpc) is 2.42. The number of hydrogen-bond acceptors (Lipinski definition) is 4. The monoisotopic (exact) mass is 266 g/mol. The van der Waals surface area contributed by atoms with Crippen molar-refractivity contribution in [2.24, 2.45) is 0 Å². The first kappa shape index (κ1) is 15.5. The lowest BCUT2D eigenvalue weighted by atomic mass is 9.93. The first-order valence-electron chi connectivity index (χ1n) is 6.82. The fraction of sp³-hybridized carbons (Fsp3) is 0.600. The van der Waals surface area contributed by atoms with Crippen molar-refractivity contribution in [1.29, 1.82) is 0 Å². The Labute approximate surface area is 114 Å². The molecule has 0 saturated carbocycles. The number of hydrogen-bond donors (Lipinski definition) is 0. The summed E-state index contributed by atoms with van der Waals surface area (Å²) in [6.45, 7) is 4.69. The van der Waals surface area contributed by atoms with Crippen LogP contribution in [-0.4, -0.2) is 25.2 Å². The molecule has 0 radical (unpaired) electrons. The maximum atomic E-state index is 11.4. The van der Waals surface area contributed by atoms with E-state index in [0.29, 0.717) is 13.2 Å². The summed E-state index contributed by atoms with van der Waals surface area (Å²) in [4.78, 5) is 22.6.